The van der Waals surface area contributed by atoms with Crippen molar-refractivity contribution in [1.82, 2.24) is 14.3 Å². The maximum Gasteiger partial charge on any atom is 0.278 e. The van der Waals surface area contributed by atoms with Crippen LogP contribution >= 0.6 is 22.7 Å². The molecule has 8 nitrogen and oxygen atoms in total. The predicted molar refractivity (Wildman–Crippen MR) is 82.1 cm³/mol. The van der Waals surface area contributed by atoms with Gasteiger partial charge in [0.15, 0.2) is 20.8 Å². The van der Waals surface area contributed by atoms with Crippen LogP contribution < -0.4 is 5.32 Å². The second-order valence-corrected chi connectivity index (χ2v) is 8.59. The standard InChI is InChI=1S/C11H10N4O4S3/c1-5-13-6-8(16)7(9(17)14-11-12-3-4-20-11)15(2)22(18,19)10(6)21-5/h3-4,16H,1-2H3,(H,12,14,17). The molecule has 1 amide bonds. The van der Waals surface area contributed by atoms with Crippen molar-refractivity contribution in [1.29, 1.82) is 0 Å². The van der Waals surface area contributed by atoms with Gasteiger partial charge in [0, 0.05) is 18.6 Å². The lowest BCUT2D eigenvalue weighted by atomic mass is 10.3. The van der Waals surface area contributed by atoms with E-state index in [-0.39, 0.29) is 15.6 Å². The lowest BCUT2D eigenvalue weighted by Crippen LogP contribution is -2.36. The Balaban J connectivity index is 2.11. The van der Waals surface area contributed by atoms with Gasteiger partial charge in [-0.2, -0.15) is 0 Å². The molecule has 2 aromatic heterocycles. The Bertz CT molecular complexity index is 883. The fraction of sp³-hybridized carbons (Fsp3) is 0.182. The Morgan fingerprint density at radius 2 is 2.18 bits per heavy atom. The van der Waals surface area contributed by atoms with Gasteiger partial charge in [-0.05, 0) is 6.92 Å². The highest BCUT2D eigenvalue weighted by molar-refractivity contribution is 7.91. The fourth-order valence-electron chi connectivity index (χ4n) is 1.93. The number of hydrogen-bond donors (Lipinski definition) is 2. The number of fused-ring (bicyclic) bond motifs is 1. The van der Waals surface area contributed by atoms with Crippen LogP contribution in [0.2, 0.25) is 0 Å². The molecule has 0 saturated heterocycles. The normalized spacial score (nSPS) is 16.5. The van der Waals surface area contributed by atoms with E-state index in [0.717, 1.165) is 15.6 Å². The number of aryl methyl sites for hydroxylation is 1. The third-order valence-electron chi connectivity index (χ3n) is 2.93. The second-order valence-electron chi connectivity index (χ2n) is 4.33. The Morgan fingerprint density at radius 1 is 1.45 bits per heavy atom. The number of anilines is 1. The summed E-state index contributed by atoms with van der Waals surface area (Å²) in [6, 6.07) is 0. The zero-order valence-corrected chi connectivity index (χ0v) is 13.8. The zero-order chi connectivity index (χ0) is 16.1. The van der Waals surface area contributed by atoms with Crippen LogP contribution in [-0.4, -0.2) is 40.8 Å². The third-order valence-corrected chi connectivity index (χ3v) is 6.83. The summed E-state index contributed by atoms with van der Waals surface area (Å²) in [6.45, 7) is 1.63. The summed E-state index contributed by atoms with van der Waals surface area (Å²) in [5.41, 5.74) is -0.474. The monoisotopic (exact) mass is 358 g/mol. The lowest BCUT2D eigenvalue weighted by molar-refractivity contribution is -0.113. The van der Waals surface area contributed by atoms with E-state index in [1.807, 2.05) is 0 Å². The number of aliphatic hydroxyl groups excluding tert-OH is 1. The lowest BCUT2D eigenvalue weighted by Gasteiger charge is -2.25. The summed E-state index contributed by atoms with van der Waals surface area (Å²) in [7, 11) is -2.70. The van der Waals surface area contributed by atoms with Gasteiger partial charge >= 0.3 is 0 Å². The van der Waals surface area contributed by atoms with Crippen molar-refractivity contribution in [2.45, 2.75) is 11.1 Å². The quantitative estimate of drug-likeness (QED) is 0.839. The number of aromatic nitrogens is 2. The molecule has 116 valence electrons. The summed E-state index contributed by atoms with van der Waals surface area (Å²) in [4.78, 5) is 20.2. The highest BCUT2D eigenvalue weighted by atomic mass is 32.2. The number of thiazole rings is 2. The first kappa shape index (κ1) is 14.9. The zero-order valence-electron chi connectivity index (χ0n) is 11.4. The number of aliphatic hydroxyl groups is 1. The molecular formula is C11H10N4O4S3. The molecular weight excluding hydrogens is 348 g/mol. The largest absolute Gasteiger partial charge is 0.504 e. The van der Waals surface area contributed by atoms with Gasteiger partial charge in [-0.1, -0.05) is 0 Å². The van der Waals surface area contributed by atoms with E-state index >= 15 is 0 Å². The van der Waals surface area contributed by atoms with Gasteiger partial charge in [0.25, 0.3) is 15.9 Å². The Kier molecular flexibility index (Phi) is 3.42. The van der Waals surface area contributed by atoms with Crippen molar-refractivity contribution in [3.8, 4) is 0 Å². The van der Waals surface area contributed by atoms with Crippen LogP contribution in [0.3, 0.4) is 0 Å². The van der Waals surface area contributed by atoms with Gasteiger partial charge < -0.3 is 5.11 Å². The van der Waals surface area contributed by atoms with Crippen LogP contribution in [0.25, 0.3) is 5.76 Å². The van der Waals surface area contributed by atoms with E-state index in [9.17, 15) is 18.3 Å². The van der Waals surface area contributed by atoms with Crippen LogP contribution in [0.5, 0.6) is 0 Å². The number of rotatable bonds is 2. The van der Waals surface area contributed by atoms with Crippen molar-refractivity contribution >= 4 is 49.5 Å². The first-order chi connectivity index (χ1) is 10.3. The molecule has 0 atom stereocenters. The number of sulfonamides is 1. The minimum atomic E-state index is -3.91. The van der Waals surface area contributed by atoms with Crippen molar-refractivity contribution in [2.24, 2.45) is 0 Å². The molecule has 0 unspecified atom stereocenters. The highest BCUT2D eigenvalue weighted by Crippen LogP contribution is 2.38. The predicted octanol–water partition coefficient (Wildman–Crippen LogP) is 1.41. The van der Waals surface area contributed by atoms with E-state index in [2.05, 4.69) is 15.3 Å². The molecule has 1 aliphatic rings. The van der Waals surface area contributed by atoms with Crippen molar-refractivity contribution in [2.75, 3.05) is 12.4 Å². The first-order valence-corrected chi connectivity index (χ1v) is 9.07. The van der Waals surface area contributed by atoms with E-state index in [0.29, 0.717) is 10.1 Å². The number of nitrogens with one attached hydrogen (secondary N) is 1. The van der Waals surface area contributed by atoms with Crippen molar-refractivity contribution in [3.63, 3.8) is 0 Å². The van der Waals surface area contributed by atoms with Crippen LogP contribution in [-0.2, 0) is 14.8 Å². The van der Waals surface area contributed by atoms with Crippen LogP contribution in [0.15, 0.2) is 21.5 Å². The van der Waals surface area contributed by atoms with Crippen LogP contribution in [0.4, 0.5) is 5.13 Å². The molecule has 0 aliphatic carbocycles. The molecule has 0 spiro atoms. The molecule has 0 saturated carbocycles. The van der Waals surface area contributed by atoms with Gasteiger partial charge in [-0.15, -0.1) is 22.7 Å². The Hall–Kier alpha value is -1.98. The van der Waals surface area contributed by atoms with Crippen LogP contribution in [0, 0.1) is 6.92 Å². The fourth-order valence-corrected chi connectivity index (χ4v) is 5.26. The second kappa shape index (κ2) is 5.04. The minimum Gasteiger partial charge on any atom is -0.504 e. The topological polar surface area (TPSA) is 112 Å². The molecule has 0 fully saturated rings. The number of likely N-dealkylation sites (N-methyl/N-ethyl adjacent to an activating group) is 1. The van der Waals surface area contributed by atoms with E-state index in [1.165, 1.54) is 24.6 Å². The van der Waals surface area contributed by atoms with Crippen molar-refractivity contribution < 1.29 is 18.3 Å². The molecule has 0 aromatic carbocycles. The summed E-state index contributed by atoms with van der Waals surface area (Å²) in [6.07, 6.45) is 1.50. The summed E-state index contributed by atoms with van der Waals surface area (Å²) in [5.74, 6) is -1.24. The summed E-state index contributed by atoms with van der Waals surface area (Å²) in [5, 5.41) is 15.2. The molecule has 3 heterocycles. The van der Waals surface area contributed by atoms with Crippen LogP contribution in [0.1, 0.15) is 10.7 Å². The summed E-state index contributed by atoms with van der Waals surface area (Å²) < 4.78 is 25.6. The maximum atomic E-state index is 12.4. The number of nitrogens with zero attached hydrogens (tertiary/aromatic N) is 3. The molecule has 2 aromatic rings. The first-order valence-electron chi connectivity index (χ1n) is 5.93. The molecule has 3 rings (SSSR count). The average molecular weight is 358 g/mol. The molecule has 22 heavy (non-hydrogen) atoms. The number of amides is 1. The molecule has 0 radical (unpaired) electrons. The van der Waals surface area contributed by atoms with E-state index in [4.69, 9.17) is 0 Å². The van der Waals surface area contributed by atoms with Gasteiger partial charge in [0.05, 0.1) is 5.01 Å². The Morgan fingerprint density at radius 3 is 2.82 bits per heavy atom. The Labute approximate surface area is 133 Å². The molecule has 0 bridgehead atoms. The SMILES string of the molecule is Cc1nc2c(s1)S(=O)(=O)N(C)C(C(=O)Nc1nccs1)=C2O. The number of carbonyl (C=O) groups is 1. The van der Waals surface area contributed by atoms with Gasteiger partial charge in [-0.25, -0.2) is 18.4 Å². The summed E-state index contributed by atoms with van der Waals surface area (Å²) >= 11 is 2.13. The number of hydrogen-bond acceptors (Lipinski definition) is 8. The molecule has 1 aliphatic heterocycles. The van der Waals surface area contributed by atoms with E-state index < -0.39 is 21.7 Å². The van der Waals surface area contributed by atoms with Gasteiger partial charge in [-0.3, -0.25) is 14.4 Å². The van der Waals surface area contributed by atoms with E-state index in [1.54, 1.807) is 12.3 Å². The van der Waals surface area contributed by atoms with Crippen molar-refractivity contribution in [3.05, 3.63) is 28.0 Å². The molecule has 11 heteroatoms. The maximum absolute atomic E-state index is 12.4. The number of carbonyl (C=O) groups excluding carboxylic acids is 1. The van der Waals surface area contributed by atoms with Gasteiger partial charge in [0.2, 0.25) is 0 Å². The molecule has 2 N–H and O–H groups in total. The average Bonchev–Trinajstić information content (AvgIpc) is 3.07. The smallest absolute Gasteiger partial charge is 0.278 e. The van der Waals surface area contributed by atoms with Gasteiger partial charge in [0.1, 0.15) is 5.69 Å². The third kappa shape index (κ3) is 2.17. The minimum absolute atomic E-state index is 0.0733. The highest BCUT2D eigenvalue weighted by Gasteiger charge is 2.40.